The van der Waals surface area contributed by atoms with Crippen LogP contribution in [0.4, 0.5) is 0 Å². The highest BCUT2D eigenvalue weighted by Crippen LogP contribution is 2.39. The summed E-state index contributed by atoms with van der Waals surface area (Å²) in [7, 11) is 0. The minimum atomic E-state index is 0.00192. The monoisotopic (exact) mass is 237 g/mol. The lowest BCUT2D eigenvalue weighted by molar-refractivity contribution is 0.450. The van der Waals surface area contributed by atoms with E-state index in [0.29, 0.717) is 6.04 Å². The van der Waals surface area contributed by atoms with E-state index in [-0.39, 0.29) is 5.54 Å². The van der Waals surface area contributed by atoms with Crippen LogP contribution in [0, 0.1) is 0 Å². The van der Waals surface area contributed by atoms with Gasteiger partial charge < -0.3 is 5.32 Å². The van der Waals surface area contributed by atoms with Gasteiger partial charge in [0.1, 0.15) is 0 Å². The molecule has 0 saturated carbocycles. The molecule has 0 spiro atoms. The van der Waals surface area contributed by atoms with Crippen molar-refractivity contribution in [3.63, 3.8) is 0 Å². The van der Waals surface area contributed by atoms with Crippen molar-refractivity contribution in [2.24, 2.45) is 0 Å². The van der Waals surface area contributed by atoms with Crippen LogP contribution < -0.4 is 5.32 Å². The predicted molar refractivity (Wildman–Crippen MR) is 75.5 cm³/mol. The van der Waals surface area contributed by atoms with Gasteiger partial charge in [0.15, 0.2) is 0 Å². The van der Waals surface area contributed by atoms with Crippen LogP contribution in [-0.4, -0.2) is 6.04 Å². The van der Waals surface area contributed by atoms with Crippen molar-refractivity contribution >= 4 is 0 Å². The second kappa shape index (κ2) is 4.58. The van der Waals surface area contributed by atoms with Gasteiger partial charge in [-0.1, -0.05) is 60.7 Å². The summed E-state index contributed by atoms with van der Waals surface area (Å²) < 4.78 is 0. The van der Waals surface area contributed by atoms with Gasteiger partial charge in [-0.3, -0.25) is 0 Å². The van der Waals surface area contributed by atoms with E-state index >= 15 is 0 Å². The minimum absolute atomic E-state index is 0.00192. The number of hydrogen-bond acceptors (Lipinski definition) is 1. The van der Waals surface area contributed by atoms with Gasteiger partial charge in [-0.15, -0.1) is 0 Å². The van der Waals surface area contributed by atoms with Crippen molar-refractivity contribution in [3.8, 4) is 0 Å². The Morgan fingerprint density at radius 3 is 1.78 bits per heavy atom. The van der Waals surface area contributed by atoms with Gasteiger partial charge in [0.25, 0.3) is 0 Å². The standard InChI is InChI=1S/C17H19N/c1-14-12-13-17(18-14,15-8-4-2-5-9-15)16-10-6-3-7-11-16/h2-11,14,18H,12-13H2,1H3. The molecular formula is C17H19N. The molecule has 1 nitrogen and oxygen atoms in total. The van der Waals surface area contributed by atoms with E-state index in [2.05, 4.69) is 72.9 Å². The van der Waals surface area contributed by atoms with Crippen LogP contribution in [0.15, 0.2) is 60.7 Å². The van der Waals surface area contributed by atoms with Gasteiger partial charge in [0, 0.05) is 6.04 Å². The summed E-state index contributed by atoms with van der Waals surface area (Å²) in [4.78, 5) is 0. The van der Waals surface area contributed by atoms with Crippen molar-refractivity contribution in [2.45, 2.75) is 31.3 Å². The molecule has 1 fully saturated rings. The fraction of sp³-hybridized carbons (Fsp3) is 0.294. The number of benzene rings is 2. The zero-order valence-electron chi connectivity index (χ0n) is 10.8. The van der Waals surface area contributed by atoms with Crippen LogP contribution in [0.25, 0.3) is 0 Å². The molecule has 0 aromatic heterocycles. The molecule has 0 amide bonds. The lowest BCUT2D eigenvalue weighted by Gasteiger charge is -2.31. The number of rotatable bonds is 2. The third kappa shape index (κ3) is 1.85. The Bertz CT molecular complexity index is 464. The maximum Gasteiger partial charge on any atom is 0.0693 e. The maximum atomic E-state index is 3.80. The Morgan fingerprint density at radius 1 is 0.889 bits per heavy atom. The van der Waals surface area contributed by atoms with E-state index in [1.54, 1.807) is 0 Å². The fourth-order valence-corrected chi connectivity index (χ4v) is 3.07. The van der Waals surface area contributed by atoms with E-state index in [1.165, 1.54) is 24.0 Å². The Kier molecular flexibility index (Phi) is 2.92. The van der Waals surface area contributed by atoms with Gasteiger partial charge in [-0.05, 0) is 30.9 Å². The average molecular weight is 237 g/mol. The summed E-state index contributed by atoms with van der Waals surface area (Å²) in [6.45, 7) is 2.27. The first-order valence-electron chi connectivity index (χ1n) is 6.70. The summed E-state index contributed by atoms with van der Waals surface area (Å²) >= 11 is 0. The molecule has 1 aliphatic heterocycles. The molecule has 2 aromatic rings. The van der Waals surface area contributed by atoms with Crippen molar-refractivity contribution in [2.75, 3.05) is 0 Å². The van der Waals surface area contributed by atoms with E-state index in [9.17, 15) is 0 Å². The van der Waals surface area contributed by atoms with E-state index in [4.69, 9.17) is 0 Å². The second-order valence-corrected chi connectivity index (χ2v) is 5.22. The molecule has 1 saturated heterocycles. The molecule has 1 N–H and O–H groups in total. The lowest BCUT2D eigenvalue weighted by atomic mass is 9.82. The Morgan fingerprint density at radius 2 is 1.39 bits per heavy atom. The summed E-state index contributed by atoms with van der Waals surface area (Å²) in [5.41, 5.74) is 2.75. The van der Waals surface area contributed by atoms with E-state index < -0.39 is 0 Å². The first-order valence-corrected chi connectivity index (χ1v) is 6.70. The maximum absolute atomic E-state index is 3.80. The highest BCUT2D eigenvalue weighted by Gasteiger charge is 2.39. The first kappa shape index (κ1) is 11.5. The van der Waals surface area contributed by atoms with Crippen LogP contribution in [0.3, 0.4) is 0 Å². The molecule has 3 rings (SSSR count). The quantitative estimate of drug-likeness (QED) is 0.839. The topological polar surface area (TPSA) is 12.0 Å². The van der Waals surface area contributed by atoms with E-state index in [0.717, 1.165) is 0 Å². The fourth-order valence-electron chi connectivity index (χ4n) is 3.07. The first-order chi connectivity index (χ1) is 8.81. The minimum Gasteiger partial charge on any atom is -0.301 e. The van der Waals surface area contributed by atoms with Crippen LogP contribution in [-0.2, 0) is 5.54 Å². The van der Waals surface area contributed by atoms with Crippen molar-refractivity contribution in [1.29, 1.82) is 0 Å². The van der Waals surface area contributed by atoms with Crippen LogP contribution in [0.2, 0.25) is 0 Å². The molecular weight excluding hydrogens is 218 g/mol. The molecule has 2 aromatic carbocycles. The summed E-state index contributed by atoms with van der Waals surface area (Å²) in [6, 6.07) is 22.2. The smallest absolute Gasteiger partial charge is 0.0693 e. The highest BCUT2D eigenvalue weighted by molar-refractivity contribution is 5.39. The van der Waals surface area contributed by atoms with Crippen molar-refractivity contribution in [3.05, 3.63) is 71.8 Å². The van der Waals surface area contributed by atoms with Gasteiger partial charge in [0.05, 0.1) is 5.54 Å². The molecule has 0 radical (unpaired) electrons. The molecule has 1 heterocycles. The van der Waals surface area contributed by atoms with Gasteiger partial charge >= 0.3 is 0 Å². The molecule has 1 atom stereocenters. The predicted octanol–water partition coefficient (Wildman–Crippen LogP) is 3.70. The molecule has 0 bridgehead atoms. The Balaban J connectivity index is 2.11. The Hall–Kier alpha value is -1.60. The van der Waals surface area contributed by atoms with E-state index in [1.807, 2.05) is 0 Å². The molecule has 1 aliphatic rings. The zero-order valence-corrected chi connectivity index (χ0v) is 10.8. The highest BCUT2D eigenvalue weighted by atomic mass is 15.0. The summed E-state index contributed by atoms with van der Waals surface area (Å²) in [5, 5.41) is 3.80. The van der Waals surface area contributed by atoms with Gasteiger partial charge in [-0.25, -0.2) is 0 Å². The number of hydrogen-bond donors (Lipinski definition) is 1. The van der Waals surface area contributed by atoms with Gasteiger partial charge in [0.2, 0.25) is 0 Å². The largest absolute Gasteiger partial charge is 0.301 e. The van der Waals surface area contributed by atoms with Crippen molar-refractivity contribution in [1.82, 2.24) is 5.32 Å². The lowest BCUT2D eigenvalue weighted by Crippen LogP contribution is -2.40. The molecule has 92 valence electrons. The molecule has 18 heavy (non-hydrogen) atoms. The Labute approximate surface area is 109 Å². The van der Waals surface area contributed by atoms with Crippen LogP contribution >= 0.6 is 0 Å². The summed E-state index contributed by atoms with van der Waals surface area (Å²) in [5.74, 6) is 0. The molecule has 1 unspecified atom stereocenters. The summed E-state index contributed by atoms with van der Waals surface area (Å²) in [6.07, 6.45) is 2.39. The zero-order chi connectivity index (χ0) is 12.4. The molecule has 1 heteroatoms. The van der Waals surface area contributed by atoms with Crippen molar-refractivity contribution < 1.29 is 0 Å². The van der Waals surface area contributed by atoms with Crippen LogP contribution in [0.1, 0.15) is 30.9 Å². The second-order valence-electron chi connectivity index (χ2n) is 5.22. The third-order valence-corrected chi connectivity index (χ3v) is 3.98. The molecule has 0 aliphatic carbocycles. The SMILES string of the molecule is CC1CCC(c2ccccc2)(c2ccccc2)N1. The van der Waals surface area contributed by atoms with Crippen LogP contribution in [0.5, 0.6) is 0 Å². The average Bonchev–Trinajstić information content (AvgIpc) is 2.84. The van der Waals surface area contributed by atoms with Gasteiger partial charge in [-0.2, -0.15) is 0 Å². The third-order valence-electron chi connectivity index (χ3n) is 3.98. The normalized spacial score (nSPS) is 21.9. The number of nitrogens with one attached hydrogen (secondary N) is 1.